The summed E-state index contributed by atoms with van der Waals surface area (Å²) in [6.45, 7) is 0. The first kappa shape index (κ1) is 8.45. The van der Waals surface area contributed by atoms with Crippen LogP contribution in [0.25, 0.3) is 0 Å². The normalized spacial score (nSPS) is 19.8. The van der Waals surface area contributed by atoms with Crippen LogP contribution >= 0.6 is 0 Å². The van der Waals surface area contributed by atoms with Crippen molar-refractivity contribution in [3.63, 3.8) is 0 Å². The van der Waals surface area contributed by atoms with Crippen LogP contribution in [0.2, 0.25) is 0 Å². The van der Waals surface area contributed by atoms with E-state index in [9.17, 15) is 24.0 Å². The summed E-state index contributed by atoms with van der Waals surface area (Å²) in [6, 6.07) is 0. The Morgan fingerprint density at radius 3 is 1.25 bits per heavy atom. The minimum atomic E-state index is -1.50. The number of ketones is 5. The van der Waals surface area contributed by atoms with Gasteiger partial charge in [-0.2, -0.15) is 0 Å². The van der Waals surface area contributed by atoms with Gasteiger partial charge >= 0.3 is 0 Å². The molecule has 0 aliphatic heterocycles. The molecule has 1 aliphatic rings. The summed E-state index contributed by atoms with van der Waals surface area (Å²) >= 11 is 0. The van der Waals surface area contributed by atoms with Crippen molar-refractivity contribution < 1.29 is 24.0 Å². The standard InChI is InChI=1S/C7H4O5/c8-3-1-2-4(9)6(11)7(12)5(3)10/h1-2H2. The first-order chi connectivity index (χ1) is 5.54. The highest BCUT2D eigenvalue weighted by molar-refractivity contribution is 6.87. The fraction of sp³-hybridized carbons (Fsp3) is 0.286. The lowest BCUT2D eigenvalue weighted by molar-refractivity contribution is -0.149. The van der Waals surface area contributed by atoms with Gasteiger partial charge in [-0.05, 0) is 0 Å². The molecule has 5 nitrogen and oxygen atoms in total. The van der Waals surface area contributed by atoms with E-state index in [0.29, 0.717) is 0 Å². The Balaban J connectivity index is 3.06. The summed E-state index contributed by atoms with van der Waals surface area (Å²) < 4.78 is 0. The van der Waals surface area contributed by atoms with Gasteiger partial charge in [-0.1, -0.05) is 0 Å². The molecule has 0 bridgehead atoms. The molecule has 0 atom stereocenters. The van der Waals surface area contributed by atoms with E-state index in [0.717, 1.165) is 0 Å². The lowest BCUT2D eigenvalue weighted by Crippen LogP contribution is -2.30. The molecule has 0 saturated heterocycles. The molecule has 0 amide bonds. The Labute approximate surface area is 66.7 Å². The number of rotatable bonds is 0. The molecule has 62 valence electrons. The van der Waals surface area contributed by atoms with Crippen LogP contribution in [0.1, 0.15) is 12.8 Å². The summed E-state index contributed by atoms with van der Waals surface area (Å²) in [4.78, 5) is 53.2. The third kappa shape index (κ3) is 1.20. The first-order valence-corrected chi connectivity index (χ1v) is 3.23. The SMILES string of the molecule is O=C1CCC(=O)C(=O)C(=O)C1=O. The Morgan fingerprint density at radius 2 is 0.917 bits per heavy atom. The second-order valence-electron chi connectivity index (χ2n) is 2.33. The summed E-state index contributed by atoms with van der Waals surface area (Å²) in [7, 11) is 0. The van der Waals surface area contributed by atoms with Gasteiger partial charge in [-0.15, -0.1) is 0 Å². The number of hydrogen-bond acceptors (Lipinski definition) is 5. The molecular weight excluding hydrogens is 164 g/mol. The van der Waals surface area contributed by atoms with Crippen LogP contribution in [0.4, 0.5) is 0 Å². The second-order valence-corrected chi connectivity index (χ2v) is 2.33. The van der Waals surface area contributed by atoms with E-state index in [-0.39, 0.29) is 12.8 Å². The average molecular weight is 168 g/mol. The van der Waals surface area contributed by atoms with Crippen LogP contribution in [-0.2, 0) is 24.0 Å². The summed E-state index contributed by atoms with van der Waals surface area (Å²) in [5.74, 6) is -6.15. The third-order valence-corrected chi connectivity index (χ3v) is 1.50. The van der Waals surface area contributed by atoms with Gasteiger partial charge in [0, 0.05) is 12.8 Å². The number of carbonyl (C=O) groups is 5. The first-order valence-electron chi connectivity index (χ1n) is 3.23. The van der Waals surface area contributed by atoms with E-state index in [1.165, 1.54) is 0 Å². The molecule has 0 aromatic heterocycles. The molecule has 0 unspecified atom stereocenters. The molecule has 1 rings (SSSR count). The van der Waals surface area contributed by atoms with E-state index in [1.807, 2.05) is 0 Å². The molecule has 0 spiro atoms. The number of Topliss-reactive ketones (excluding diaryl/α,β-unsaturated/α-hetero) is 5. The van der Waals surface area contributed by atoms with E-state index >= 15 is 0 Å². The van der Waals surface area contributed by atoms with Crippen molar-refractivity contribution in [2.75, 3.05) is 0 Å². The molecular formula is C7H4O5. The Kier molecular flexibility index (Phi) is 1.95. The molecule has 0 radical (unpaired) electrons. The van der Waals surface area contributed by atoms with E-state index < -0.39 is 28.9 Å². The lowest BCUT2D eigenvalue weighted by Gasteiger charge is -1.86. The molecule has 0 N–H and O–H groups in total. The molecule has 0 aromatic carbocycles. The van der Waals surface area contributed by atoms with Gasteiger partial charge in [0.1, 0.15) is 0 Å². The van der Waals surface area contributed by atoms with Gasteiger partial charge in [0.25, 0.3) is 17.3 Å². The summed E-state index contributed by atoms with van der Waals surface area (Å²) in [6.07, 6.45) is -0.676. The largest absolute Gasteiger partial charge is 0.290 e. The van der Waals surface area contributed by atoms with Crippen molar-refractivity contribution in [1.29, 1.82) is 0 Å². The quantitative estimate of drug-likeness (QED) is 0.329. The zero-order valence-corrected chi connectivity index (χ0v) is 5.96. The maximum atomic E-state index is 10.6. The Morgan fingerprint density at radius 1 is 0.583 bits per heavy atom. The fourth-order valence-electron chi connectivity index (χ4n) is 0.810. The predicted molar refractivity (Wildman–Crippen MR) is 34.3 cm³/mol. The zero-order chi connectivity index (χ0) is 9.30. The predicted octanol–water partition coefficient (Wildman–Crippen LogP) is -1.37. The van der Waals surface area contributed by atoms with Gasteiger partial charge in [-0.25, -0.2) is 0 Å². The topological polar surface area (TPSA) is 85.3 Å². The fourth-order valence-corrected chi connectivity index (χ4v) is 0.810. The maximum Gasteiger partial charge on any atom is 0.280 e. The average Bonchev–Trinajstić information content (AvgIpc) is 2.14. The molecule has 0 heterocycles. The van der Waals surface area contributed by atoms with Crippen molar-refractivity contribution in [1.82, 2.24) is 0 Å². The maximum absolute atomic E-state index is 10.6. The van der Waals surface area contributed by atoms with Gasteiger partial charge < -0.3 is 0 Å². The molecule has 12 heavy (non-hydrogen) atoms. The van der Waals surface area contributed by atoms with Crippen LogP contribution in [0.5, 0.6) is 0 Å². The minimum Gasteiger partial charge on any atom is -0.290 e. The number of carbonyl (C=O) groups excluding carboxylic acids is 5. The van der Waals surface area contributed by atoms with Crippen LogP contribution in [0.15, 0.2) is 0 Å². The zero-order valence-electron chi connectivity index (χ0n) is 5.96. The van der Waals surface area contributed by atoms with Crippen LogP contribution in [0.3, 0.4) is 0 Å². The van der Waals surface area contributed by atoms with E-state index in [4.69, 9.17) is 0 Å². The smallest absolute Gasteiger partial charge is 0.280 e. The van der Waals surface area contributed by atoms with Crippen LogP contribution in [-0.4, -0.2) is 28.9 Å². The highest BCUT2D eigenvalue weighted by atomic mass is 16.2. The molecule has 1 fully saturated rings. The molecule has 5 heteroatoms. The second kappa shape index (κ2) is 2.77. The van der Waals surface area contributed by atoms with Crippen LogP contribution in [0, 0.1) is 0 Å². The van der Waals surface area contributed by atoms with Crippen LogP contribution < -0.4 is 0 Å². The summed E-state index contributed by atoms with van der Waals surface area (Å²) in [5, 5.41) is 0. The van der Waals surface area contributed by atoms with Crippen molar-refractivity contribution in [3.05, 3.63) is 0 Å². The van der Waals surface area contributed by atoms with Crippen molar-refractivity contribution in [2.24, 2.45) is 0 Å². The molecule has 0 aromatic rings. The van der Waals surface area contributed by atoms with Gasteiger partial charge in [0.05, 0.1) is 0 Å². The number of hydrogen-bond donors (Lipinski definition) is 0. The van der Waals surface area contributed by atoms with E-state index in [1.54, 1.807) is 0 Å². The minimum absolute atomic E-state index is 0.338. The van der Waals surface area contributed by atoms with Gasteiger partial charge in [0.15, 0.2) is 0 Å². The van der Waals surface area contributed by atoms with Crippen molar-refractivity contribution in [2.45, 2.75) is 12.8 Å². The lowest BCUT2D eigenvalue weighted by atomic mass is 10.1. The molecule has 1 aliphatic carbocycles. The van der Waals surface area contributed by atoms with Crippen molar-refractivity contribution >= 4 is 28.9 Å². The summed E-state index contributed by atoms with van der Waals surface area (Å²) in [5.41, 5.74) is 0. The van der Waals surface area contributed by atoms with Gasteiger partial charge in [0.2, 0.25) is 11.6 Å². The Hall–Kier alpha value is -1.65. The van der Waals surface area contributed by atoms with Gasteiger partial charge in [-0.3, -0.25) is 24.0 Å². The van der Waals surface area contributed by atoms with E-state index in [2.05, 4.69) is 0 Å². The monoisotopic (exact) mass is 168 g/mol. The highest BCUT2D eigenvalue weighted by Crippen LogP contribution is 2.02. The Bertz CT molecular complexity index is 282. The highest BCUT2D eigenvalue weighted by Gasteiger charge is 2.36. The van der Waals surface area contributed by atoms with Crippen molar-refractivity contribution in [3.8, 4) is 0 Å². The third-order valence-electron chi connectivity index (χ3n) is 1.50. The molecule has 1 saturated carbocycles.